The highest BCUT2D eigenvalue weighted by atomic mass is 35.5. The van der Waals surface area contributed by atoms with Gasteiger partial charge < -0.3 is 5.73 Å². The minimum absolute atomic E-state index is 0.245. The number of fused-ring (bicyclic) bond motifs is 1. The maximum Gasteiger partial charge on any atom is 0.206 e. The van der Waals surface area contributed by atoms with Crippen molar-refractivity contribution in [2.24, 2.45) is 0 Å². The molecule has 0 aliphatic heterocycles. The van der Waals surface area contributed by atoms with Crippen LogP contribution in [0.2, 0.25) is 10.0 Å². The predicted octanol–water partition coefficient (Wildman–Crippen LogP) is 6.14. The first kappa shape index (κ1) is 16.5. The molecule has 1 aromatic carbocycles. The number of carbonyl (C=O) groups excluding carboxylic acids is 1. The van der Waals surface area contributed by atoms with Crippen LogP contribution in [-0.4, -0.2) is 10.8 Å². The smallest absolute Gasteiger partial charge is 0.206 e. The minimum atomic E-state index is -0.245. The zero-order chi connectivity index (χ0) is 17.6. The van der Waals surface area contributed by atoms with Crippen LogP contribution in [-0.2, 0) is 0 Å². The van der Waals surface area contributed by atoms with E-state index in [2.05, 4.69) is 4.98 Å². The van der Waals surface area contributed by atoms with Crippen LogP contribution in [0.4, 0.5) is 5.69 Å². The number of hydrogen-bond acceptors (Lipinski definition) is 5. The molecule has 0 bridgehead atoms. The van der Waals surface area contributed by atoms with E-state index in [-0.39, 0.29) is 5.78 Å². The van der Waals surface area contributed by atoms with Crippen molar-refractivity contribution in [1.82, 2.24) is 4.98 Å². The second-order valence-electron chi connectivity index (χ2n) is 5.32. The van der Waals surface area contributed by atoms with Gasteiger partial charge in [0.25, 0.3) is 0 Å². The van der Waals surface area contributed by atoms with E-state index in [0.717, 1.165) is 20.8 Å². The third-order valence-corrected chi connectivity index (χ3v) is 6.32. The number of nitrogens with zero attached hydrogens (tertiary/aromatic N) is 1. The van der Waals surface area contributed by atoms with Crippen molar-refractivity contribution in [2.75, 3.05) is 5.73 Å². The monoisotopic (exact) mass is 404 g/mol. The summed E-state index contributed by atoms with van der Waals surface area (Å²) >= 11 is 15.0. The molecule has 0 aliphatic rings. The molecule has 0 aliphatic carbocycles. The minimum Gasteiger partial charge on any atom is -0.397 e. The van der Waals surface area contributed by atoms with Crippen LogP contribution in [0.3, 0.4) is 0 Å². The van der Waals surface area contributed by atoms with Gasteiger partial charge in [0, 0.05) is 16.0 Å². The second-order valence-corrected chi connectivity index (χ2v) is 8.12. The normalized spacial score (nSPS) is 11.1. The molecule has 4 aromatic rings. The van der Waals surface area contributed by atoms with Crippen molar-refractivity contribution in [3.8, 4) is 10.6 Å². The van der Waals surface area contributed by atoms with Gasteiger partial charge in [-0.2, -0.15) is 0 Å². The Bertz CT molecular complexity index is 1100. The fourth-order valence-corrected chi connectivity index (χ4v) is 4.64. The molecule has 0 amide bonds. The molecule has 4 rings (SSSR count). The standard InChI is InChI=1S/C18H10Cl2N2OS2/c19-9-3-5-12(20)11(8-9)16(23)17-15(21)10-4-6-13(22-18(10)25-17)14-2-1-7-24-14/h1-8H,21H2. The summed E-state index contributed by atoms with van der Waals surface area (Å²) in [6, 6.07) is 12.6. The Morgan fingerprint density at radius 1 is 1.12 bits per heavy atom. The van der Waals surface area contributed by atoms with Gasteiger partial charge in [-0.25, -0.2) is 4.98 Å². The Labute approximate surface area is 161 Å². The summed E-state index contributed by atoms with van der Waals surface area (Å²) in [5, 5.41) is 3.57. The lowest BCUT2D eigenvalue weighted by Gasteiger charge is -2.03. The summed E-state index contributed by atoms with van der Waals surface area (Å²) in [4.78, 5) is 19.8. The van der Waals surface area contributed by atoms with Crippen LogP contribution < -0.4 is 5.73 Å². The molecule has 7 heteroatoms. The average molecular weight is 405 g/mol. The van der Waals surface area contributed by atoms with Crippen LogP contribution >= 0.6 is 45.9 Å². The largest absolute Gasteiger partial charge is 0.397 e. The van der Waals surface area contributed by atoms with Gasteiger partial charge in [-0.3, -0.25) is 4.79 Å². The molecule has 0 radical (unpaired) electrons. The van der Waals surface area contributed by atoms with E-state index in [1.54, 1.807) is 29.5 Å². The number of anilines is 1. The number of benzene rings is 1. The highest BCUT2D eigenvalue weighted by Crippen LogP contribution is 2.37. The third kappa shape index (κ3) is 2.93. The molecule has 0 saturated heterocycles. The van der Waals surface area contributed by atoms with Gasteiger partial charge >= 0.3 is 0 Å². The molecule has 25 heavy (non-hydrogen) atoms. The van der Waals surface area contributed by atoms with Crippen molar-refractivity contribution in [3.63, 3.8) is 0 Å². The Morgan fingerprint density at radius 2 is 1.96 bits per heavy atom. The number of aromatic nitrogens is 1. The summed E-state index contributed by atoms with van der Waals surface area (Å²) in [7, 11) is 0. The molecule has 0 saturated carbocycles. The Balaban J connectivity index is 1.84. The Morgan fingerprint density at radius 3 is 2.72 bits per heavy atom. The molecule has 3 aromatic heterocycles. The number of thiophene rings is 2. The summed E-state index contributed by atoms with van der Waals surface area (Å²) in [6.07, 6.45) is 0. The lowest BCUT2D eigenvalue weighted by Crippen LogP contribution is -2.03. The quantitative estimate of drug-likeness (QED) is 0.416. The lowest BCUT2D eigenvalue weighted by molar-refractivity contribution is 0.104. The van der Waals surface area contributed by atoms with Gasteiger partial charge in [-0.1, -0.05) is 29.3 Å². The maximum atomic E-state index is 12.9. The van der Waals surface area contributed by atoms with Crippen molar-refractivity contribution in [1.29, 1.82) is 0 Å². The average Bonchev–Trinajstić information content (AvgIpc) is 3.25. The molecule has 0 atom stereocenters. The van der Waals surface area contributed by atoms with Crippen LogP contribution in [0.5, 0.6) is 0 Å². The van der Waals surface area contributed by atoms with Crippen LogP contribution in [0, 0.1) is 0 Å². The van der Waals surface area contributed by atoms with Gasteiger partial charge in [0.15, 0.2) is 0 Å². The molecular weight excluding hydrogens is 395 g/mol. The van der Waals surface area contributed by atoms with Crippen molar-refractivity contribution in [2.45, 2.75) is 0 Å². The number of halogens is 2. The first-order valence-electron chi connectivity index (χ1n) is 7.27. The van der Waals surface area contributed by atoms with Crippen molar-refractivity contribution >= 4 is 67.6 Å². The molecule has 0 fully saturated rings. The lowest BCUT2D eigenvalue weighted by atomic mass is 10.1. The zero-order valence-corrected chi connectivity index (χ0v) is 15.8. The van der Waals surface area contributed by atoms with Crippen molar-refractivity contribution < 1.29 is 4.79 Å². The molecule has 124 valence electrons. The topological polar surface area (TPSA) is 56.0 Å². The number of nitrogens with two attached hydrogens (primary N) is 1. The van der Waals surface area contributed by atoms with E-state index < -0.39 is 0 Å². The molecular formula is C18H10Cl2N2OS2. The predicted molar refractivity (Wildman–Crippen MR) is 107 cm³/mol. The summed E-state index contributed by atoms with van der Waals surface area (Å²) in [5.41, 5.74) is 7.84. The van der Waals surface area contributed by atoms with Crippen molar-refractivity contribution in [3.05, 3.63) is 68.3 Å². The molecule has 3 heterocycles. The van der Waals surface area contributed by atoms with Gasteiger partial charge in [0.1, 0.15) is 9.71 Å². The molecule has 0 unspecified atom stereocenters. The second kappa shape index (κ2) is 6.42. The van der Waals surface area contributed by atoms with E-state index in [0.29, 0.717) is 26.2 Å². The number of nitrogen functional groups attached to an aromatic ring is 1. The number of ketones is 1. The van der Waals surface area contributed by atoms with E-state index in [4.69, 9.17) is 28.9 Å². The van der Waals surface area contributed by atoms with E-state index >= 15 is 0 Å². The number of hydrogen-bond donors (Lipinski definition) is 1. The van der Waals surface area contributed by atoms with Crippen LogP contribution in [0.1, 0.15) is 15.2 Å². The third-order valence-electron chi connectivity index (χ3n) is 3.75. The van der Waals surface area contributed by atoms with E-state index in [9.17, 15) is 4.79 Å². The van der Waals surface area contributed by atoms with Gasteiger partial charge in [0.05, 0.1) is 21.3 Å². The Hall–Kier alpha value is -1.92. The highest BCUT2D eigenvalue weighted by Gasteiger charge is 2.21. The fraction of sp³-hybridized carbons (Fsp3) is 0. The maximum absolute atomic E-state index is 12.9. The summed E-state index contributed by atoms with van der Waals surface area (Å²) < 4.78 is 0. The van der Waals surface area contributed by atoms with Gasteiger partial charge in [-0.05, 0) is 41.8 Å². The molecule has 3 nitrogen and oxygen atoms in total. The number of carbonyl (C=O) groups is 1. The van der Waals surface area contributed by atoms with E-state index in [1.165, 1.54) is 11.3 Å². The molecule has 0 spiro atoms. The van der Waals surface area contributed by atoms with Gasteiger partial charge in [0.2, 0.25) is 5.78 Å². The number of rotatable bonds is 3. The number of pyridine rings is 1. The summed E-state index contributed by atoms with van der Waals surface area (Å²) in [6.45, 7) is 0. The molecule has 2 N–H and O–H groups in total. The first-order valence-corrected chi connectivity index (χ1v) is 9.72. The highest BCUT2D eigenvalue weighted by molar-refractivity contribution is 7.21. The zero-order valence-electron chi connectivity index (χ0n) is 12.6. The van der Waals surface area contributed by atoms with Crippen LogP contribution in [0.15, 0.2) is 47.8 Å². The van der Waals surface area contributed by atoms with Crippen LogP contribution in [0.25, 0.3) is 20.8 Å². The fourth-order valence-electron chi connectivity index (χ4n) is 2.52. The van der Waals surface area contributed by atoms with Gasteiger partial charge in [-0.15, -0.1) is 22.7 Å². The van der Waals surface area contributed by atoms with E-state index in [1.807, 2.05) is 29.6 Å². The summed E-state index contributed by atoms with van der Waals surface area (Å²) in [5.74, 6) is -0.245. The first-order chi connectivity index (χ1) is 12.0. The Kier molecular flexibility index (Phi) is 4.25. The SMILES string of the molecule is Nc1c(C(=O)c2cc(Cl)ccc2Cl)sc2nc(-c3cccs3)ccc12.